The van der Waals surface area contributed by atoms with E-state index in [1.54, 1.807) is 6.26 Å². The number of benzene rings is 2. The molecular weight excluding hydrogens is 330 g/mol. The number of nitrogens with one attached hydrogen (secondary N) is 1. The maximum atomic E-state index is 12.2. The molecule has 5 heteroatoms. The quantitative estimate of drug-likeness (QED) is 0.684. The molecule has 0 fully saturated rings. The first-order valence-electron chi connectivity index (χ1n) is 8.78. The number of hydrogen-bond acceptors (Lipinski definition) is 4. The molecule has 136 valence electrons. The van der Waals surface area contributed by atoms with E-state index in [0.29, 0.717) is 5.92 Å². The van der Waals surface area contributed by atoms with Crippen LogP contribution in [-0.4, -0.2) is 24.5 Å². The van der Waals surface area contributed by atoms with Crippen molar-refractivity contribution in [1.82, 2.24) is 5.32 Å². The van der Waals surface area contributed by atoms with Gasteiger partial charge in [0.2, 0.25) is 0 Å². The molecule has 0 saturated heterocycles. The maximum absolute atomic E-state index is 12.2. The summed E-state index contributed by atoms with van der Waals surface area (Å²) in [5.74, 6) is -0.421. The first kappa shape index (κ1) is 18.0. The van der Waals surface area contributed by atoms with Crippen LogP contribution in [-0.2, 0) is 20.7 Å². The molecule has 3 aromatic rings. The van der Waals surface area contributed by atoms with Gasteiger partial charge in [-0.1, -0.05) is 44.2 Å². The minimum Gasteiger partial charge on any atom is -0.464 e. The molecule has 0 aliphatic heterocycles. The smallest absolute Gasteiger partial charge is 0.310 e. The molecule has 0 aliphatic carbocycles. The number of carbonyl (C=O) groups is 2. The van der Waals surface area contributed by atoms with Gasteiger partial charge in [-0.05, 0) is 29.7 Å². The van der Waals surface area contributed by atoms with Crippen molar-refractivity contribution >= 4 is 33.6 Å². The van der Waals surface area contributed by atoms with Gasteiger partial charge in [0.05, 0.1) is 12.7 Å². The Hall–Kier alpha value is -2.82. The lowest BCUT2D eigenvalue weighted by Gasteiger charge is -2.17. The SMILES string of the molecule is CC(C)[C@H](C)NC(=O)COC(=O)Cc1coc2ccc3ccccc3c12. The van der Waals surface area contributed by atoms with Gasteiger partial charge in [-0.15, -0.1) is 0 Å². The van der Waals surface area contributed by atoms with Gasteiger partial charge < -0.3 is 14.5 Å². The topological polar surface area (TPSA) is 68.5 Å². The first-order valence-corrected chi connectivity index (χ1v) is 8.78. The standard InChI is InChI=1S/C21H23NO4/c1-13(2)14(3)22-19(23)12-26-20(24)10-16-11-25-18-9-8-15-6-4-5-7-17(15)21(16)18/h4-9,11,13-14H,10,12H2,1-3H3,(H,22,23)/t14-/m0/s1. The Balaban J connectivity index is 1.68. The number of hydrogen-bond donors (Lipinski definition) is 1. The fourth-order valence-corrected chi connectivity index (χ4v) is 2.82. The van der Waals surface area contributed by atoms with E-state index in [4.69, 9.17) is 9.15 Å². The number of esters is 1. The van der Waals surface area contributed by atoms with Crippen molar-refractivity contribution in [2.75, 3.05) is 6.61 Å². The van der Waals surface area contributed by atoms with E-state index in [1.807, 2.05) is 57.2 Å². The summed E-state index contributed by atoms with van der Waals surface area (Å²) < 4.78 is 10.7. The molecule has 1 aromatic heterocycles. The van der Waals surface area contributed by atoms with E-state index in [0.717, 1.165) is 27.3 Å². The molecular formula is C21H23NO4. The molecule has 5 nitrogen and oxygen atoms in total. The molecule has 1 heterocycles. The van der Waals surface area contributed by atoms with Crippen LogP contribution in [0, 0.1) is 5.92 Å². The minimum absolute atomic E-state index is 0.0328. The average molecular weight is 353 g/mol. The minimum atomic E-state index is -0.451. The molecule has 0 unspecified atom stereocenters. The number of amides is 1. The van der Waals surface area contributed by atoms with Gasteiger partial charge in [0.25, 0.3) is 5.91 Å². The van der Waals surface area contributed by atoms with Crippen LogP contribution in [0.25, 0.3) is 21.7 Å². The summed E-state index contributed by atoms with van der Waals surface area (Å²) in [5, 5.41) is 5.84. The van der Waals surface area contributed by atoms with Crippen molar-refractivity contribution in [2.45, 2.75) is 33.2 Å². The zero-order valence-electron chi connectivity index (χ0n) is 15.2. The van der Waals surface area contributed by atoms with E-state index >= 15 is 0 Å². The molecule has 2 aromatic carbocycles. The summed E-state index contributed by atoms with van der Waals surface area (Å²) in [5.41, 5.74) is 1.49. The number of furan rings is 1. The monoisotopic (exact) mass is 353 g/mol. The van der Waals surface area contributed by atoms with Gasteiger partial charge in [0.15, 0.2) is 6.61 Å². The zero-order chi connectivity index (χ0) is 18.7. The van der Waals surface area contributed by atoms with Crippen LogP contribution in [0.5, 0.6) is 0 Å². The normalized spacial score (nSPS) is 12.5. The van der Waals surface area contributed by atoms with E-state index in [9.17, 15) is 9.59 Å². The Morgan fingerprint density at radius 1 is 1.12 bits per heavy atom. The lowest BCUT2D eigenvalue weighted by atomic mass is 10.0. The molecule has 0 radical (unpaired) electrons. The van der Waals surface area contributed by atoms with E-state index in [1.165, 1.54) is 0 Å². The molecule has 0 bridgehead atoms. The molecule has 0 aliphatic rings. The van der Waals surface area contributed by atoms with Crippen LogP contribution in [0.2, 0.25) is 0 Å². The van der Waals surface area contributed by atoms with Crippen LogP contribution in [0.4, 0.5) is 0 Å². The third-order valence-corrected chi connectivity index (χ3v) is 4.63. The average Bonchev–Trinajstić information content (AvgIpc) is 3.03. The highest BCUT2D eigenvalue weighted by Crippen LogP contribution is 2.30. The largest absolute Gasteiger partial charge is 0.464 e. The summed E-state index contributed by atoms with van der Waals surface area (Å²) in [6, 6.07) is 11.9. The lowest BCUT2D eigenvalue weighted by molar-refractivity contribution is -0.148. The van der Waals surface area contributed by atoms with Gasteiger partial charge in [-0.25, -0.2) is 0 Å². The predicted octanol–water partition coefficient (Wildman–Crippen LogP) is 3.83. The fourth-order valence-electron chi connectivity index (χ4n) is 2.82. The zero-order valence-corrected chi connectivity index (χ0v) is 15.2. The van der Waals surface area contributed by atoms with Crippen molar-refractivity contribution < 1.29 is 18.7 Å². The molecule has 0 saturated carbocycles. The van der Waals surface area contributed by atoms with Gasteiger partial charge >= 0.3 is 5.97 Å². The van der Waals surface area contributed by atoms with Gasteiger partial charge in [0, 0.05) is 17.0 Å². The van der Waals surface area contributed by atoms with E-state index in [2.05, 4.69) is 5.32 Å². The fraction of sp³-hybridized carbons (Fsp3) is 0.333. The van der Waals surface area contributed by atoms with Crippen LogP contribution >= 0.6 is 0 Å². The van der Waals surface area contributed by atoms with Crippen molar-refractivity contribution in [3.05, 3.63) is 48.2 Å². The Kier molecular flexibility index (Phi) is 5.26. The molecule has 0 spiro atoms. The number of carbonyl (C=O) groups excluding carboxylic acids is 2. The van der Waals surface area contributed by atoms with Crippen molar-refractivity contribution in [3.63, 3.8) is 0 Å². The molecule has 3 rings (SSSR count). The van der Waals surface area contributed by atoms with Crippen LogP contribution in [0.3, 0.4) is 0 Å². The van der Waals surface area contributed by atoms with Crippen molar-refractivity contribution in [1.29, 1.82) is 0 Å². The maximum Gasteiger partial charge on any atom is 0.310 e. The lowest BCUT2D eigenvalue weighted by Crippen LogP contribution is -2.38. The third kappa shape index (κ3) is 3.87. The summed E-state index contributed by atoms with van der Waals surface area (Å²) in [4.78, 5) is 24.0. The molecule has 1 amide bonds. The van der Waals surface area contributed by atoms with Crippen LogP contribution in [0.15, 0.2) is 47.1 Å². The number of rotatable bonds is 6. The number of ether oxygens (including phenoxy) is 1. The second-order valence-electron chi connectivity index (χ2n) is 6.86. The summed E-state index contributed by atoms with van der Waals surface area (Å²) in [7, 11) is 0. The second-order valence-corrected chi connectivity index (χ2v) is 6.86. The molecule has 26 heavy (non-hydrogen) atoms. The highest BCUT2D eigenvalue weighted by atomic mass is 16.5. The Morgan fingerprint density at radius 3 is 2.65 bits per heavy atom. The molecule has 1 N–H and O–H groups in total. The van der Waals surface area contributed by atoms with Crippen LogP contribution < -0.4 is 5.32 Å². The Morgan fingerprint density at radius 2 is 1.88 bits per heavy atom. The van der Waals surface area contributed by atoms with Gasteiger partial charge in [0.1, 0.15) is 5.58 Å². The van der Waals surface area contributed by atoms with Crippen molar-refractivity contribution in [3.8, 4) is 0 Å². The summed E-state index contributed by atoms with van der Waals surface area (Å²) in [6.07, 6.45) is 1.65. The molecule has 1 atom stereocenters. The summed E-state index contributed by atoms with van der Waals surface area (Å²) >= 11 is 0. The number of fused-ring (bicyclic) bond motifs is 3. The third-order valence-electron chi connectivity index (χ3n) is 4.63. The highest BCUT2D eigenvalue weighted by molar-refractivity contribution is 6.08. The van der Waals surface area contributed by atoms with E-state index < -0.39 is 5.97 Å². The second kappa shape index (κ2) is 7.60. The predicted molar refractivity (Wildman–Crippen MR) is 101 cm³/mol. The van der Waals surface area contributed by atoms with Crippen molar-refractivity contribution in [2.24, 2.45) is 5.92 Å². The van der Waals surface area contributed by atoms with Crippen LogP contribution in [0.1, 0.15) is 26.3 Å². The van der Waals surface area contributed by atoms with E-state index in [-0.39, 0.29) is 25.0 Å². The highest BCUT2D eigenvalue weighted by Gasteiger charge is 2.16. The van der Waals surface area contributed by atoms with Gasteiger partial charge in [-0.3, -0.25) is 9.59 Å². The Bertz CT molecular complexity index is 941. The summed E-state index contributed by atoms with van der Waals surface area (Å²) in [6.45, 7) is 5.69. The first-order chi connectivity index (χ1) is 12.5. The van der Waals surface area contributed by atoms with Gasteiger partial charge in [-0.2, -0.15) is 0 Å². The Labute approximate surface area is 152 Å².